The molecule has 0 aromatic heterocycles. The van der Waals surface area contributed by atoms with Crippen LogP contribution < -0.4 is 5.73 Å². The van der Waals surface area contributed by atoms with Gasteiger partial charge in [-0.25, -0.2) is 0 Å². The van der Waals surface area contributed by atoms with Crippen molar-refractivity contribution in [2.24, 2.45) is 5.73 Å². The Hall–Kier alpha value is -2.62. The molecule has 1 aliphatic heterocycles. The van der Waals surface area contributed by atoms with Crippen LogP contribution in [-0.2, 0) is 6.42 Å². The molecule has 2 atom stereocenters. The van der Waals surface area contributed by atoms with Gasteiger partial charge in [-0.15, -0.1) is 0 Å². The number of carbonyl (C=O) groups excluding carboxylic acids is 2. The zero-order chi connectivity index (χ0) is 16.7. The average Bonchev–Trinajstić information content (AvgIpc) is 3.00. The van der Waals surface area contributed by atoms with Crippen molar-refractivity contribution >= 4 is 11.8 Å². The van der Waals surface area contributed by atoms with Gasteiger partial charge in [0.05, 0.1) is 0 Å². The van der Waals surface area contributed by atoms with Gasteiger partial charge in [0.1, 0.15) is 0 Å². The SMILES string of the molecule is NC(=O)c1ccc(C(=O)N2CCCC3c4ccccc4CC32)cc1. The predicted octanol–water partition coefficient (Wildman–Crippen LogP) is 2.73. The topological polar surface area (TPSA) is 63.4 Å². The molecule has 4 heteroatoms. The monoisotopic (exact) mass is 320 g/mol. The molecule has 24 heavy (non-hydrogen) atoms. The number of carbonyl (C=O) groups is 2. The highest BCUT2D eigenvalue weighted by Gasteiger charge is 2.40. The van der Waals surface area contributed by atoms with Gasteiger partial charge in [0, 0.05) is 29.6 Å². The first kappa shape index (κ1) is 14.9. The highest BCUT2D eigenvalue weighted by atomic mass is 16.2. The van der Waals surface area contributed by atoms with Gasteiger partial charge in [-0.05, 0) is 54.7 Å². The van der Waals surface area contributed by atoms with E-state index in [2.05, 4.69) is 24.3 Å². The van der Waals surface area contributed by atoms with E-state index in [4.69, 9.17) is 5.73 Å². The van der Waals surface area contributed by atoms with Crippen LogP contribution >= 0.6 is 0 Å². The first-order valence-corrected chi connectivity index (χ1v) is 8.44. The van der Waals surface area contributed by atoms with E-state index < -0.39 is 5.91 Å². The molecule has 2 aromatic rings. The fourth-order valence-electron chi connectivity index (χ4n) is 4.17. The van der Waals surface area contributed by atoms with Gasteiger partial charge in [-0.1, -0.05) is 24.3 Å². The average molecular weight is 320 g/mol. The van der Waals surface area contributed by atoms with E-state index in [0.717, 1.165) is 25.8 Å². The Morgan fingerprint density at radius 3 is 2.46 bits per heavy atom. The summed E-state index contributed by atoms with van der Waals surface area (Å²) in [6.07, 6.45) is 3.11. The summed E-state index contributed by atoms with van der Waals surface area (Å²) in [5.41, 5.74) is 9.09. The van der Waals surface area contributed by atoms with Crippen molar-refractivity contribution in [2.75, 3.05) is 6.54 Å². The minimum Gasteiger partial charge on any atom is -0.366 e. The molecule has 2 amide bonds. The van der Waals surface area contributed by atoms with Crippen LogP contribution in [0, 0.1) is 0 Å². The van der Waals surface area contributed by atoms with E-state index in [1.165, 1.54) is 11.1 Å². The van der Waals surface area contributed by atoms with Gasteiger partial charge in [-0.3, -0.25) is 9.59 Å². The van der Waals surface area contributed by atoms with Crippen molar-refractivity contribution in [3.05, 3.63) is 70.8 Å². The molecule has 4 rings (SSSR count). The second-order valence-corrected chi connectivity index (χ2v) is 6.66. The van der Waals surface area contributed by atoms with Crippen LogP contribution in [-0.4, -0.2) is 29.3 Å². The predicted molar refractivity (Wildman–Crippen MR) is 91.9 cm³/mol. The molecule has 1 heterocycles. The van der Waals surface area contributed by atoms with Crippen LogP contribution in [0.4, 0.5) is 0 Å². The molecule has 1 aliphatic carbocycles. The largest absolute Gasteiger partial charge is 0.366 e. The maximum atomic E-state index is 13.0. The molecule has 0 radical (unpaired) electrons. The lowest BCUT2D eigenvalue weighted by Crippen LogP contribution is -2.46. The molecule has 0 bridgehead atoms. The summed E-state index contributed by atoms with van der Waals surface area (Å²) < 4.78 is 0. The summed E-state index contributed by atoms with van der Waals surface area (Å²) >= 11 is 0. The third-order valence-corrected chi connectivity index (χ3v) is 5.34. The van der Waals surface area contributed by atoms with Crippen molar-refractivity contribution in [3.8, 4) is 0 Å². The fourth-order valence-corrected chi connectivity index (χ4v) is 4.17. The standard InChI is InChI=1S/C20H20N2O2/c21-19(23)13-7-9-14(10-8-13)20(24)22-11-3-6-17-16-5-2-1-4-15(16)12-18(17)22/h1-2,4-5,7-10,17-18H,3,6,11-12H2,(H2,21,23). The maximum absolute atomic E-state index is 13.0. The molecule has 1 fully saturated rings. The minimum absolute atomic E-state index is 0.0496. The molecule has 2 aromatic carbocycles. The van der Waals surface area contributed by atoms with Gasteiger partial charge in [0.15, 0.2) is 0 Å². The lowest BCUT2D eigenvalue weighted by Gasteiger charge is -2.38. The number of hydrogen-bond acceptors (Lipinski definition) is 2. The molecule has 4 nitrogen and oxygen atoms in total. The number of fused-ring (bicyclic) bond motifs is 3. The van der Waals surface area contributed by atoms with Crippen molar-refractivity contribution in [1.29, 1.82) is 0 Å². The minimum atomic E-state index is -0.474. The first-order chi connectivity index (χ1) is 11.6. The van der Waals surface area contributed by atoms with Crippen LogP contribution in [0.2, 0.25) is 0 Å². The summed E-state index contributed by atoms with van der Waals surface area (Å²) in [7, 11) is 0. The van der Waals surface area contributed by atoms with Gasteiger partial charge >= 0.3 is 0 Å². The van der Waals surface area contributed by atoms with Crippen LogP contribution in [0.25, 0.3) is 0 Å². The second-order valence-electron chi connectivity index (χ2n) is 6.66. The number of hydrogen-bond donors (Lipinski definition) is 1. The Bertz CT molecular complexity index is 798. The number of amides is 2. The van der Waals surface area contributed by atoms with E-state index in [1.807, 2.05) is 4.90 Å². The van der Waals surface area contributed by atoms with Crippen molar-refractivity contribution in [1.82, 2.24) is 4.90 Å². The summed E-state index contributed by atoms with van der Waals surface area (Å²) in [4.78, 5) is 26.2. The zero-order valence-corrected chi connectivity index (χ0v) is 13.4. The Morgan fingerprint density at radius 2 is 1.71 bits per heavy atom. The number of primary amides is 1. The third kappa shape index (κ3) is 2.39. The molecule has 2 unspecified atom stereocenters. The molecule has 122 valence electrons. The lowest BCUT2D eigenvalue weighted by atomic mass is 9.88. The highest BCUT2D eigenvalue weighted by Crippen LogP contribution is 2.42. The van der Waals surface area contributed by atoms with Crippen LogP contribution in [0.3, 0.4) is 0 Å². The van der Waals surface area contributed by atoms with Crippen molar-refractivity contribution in [2.45, 2.75) is 31.2 Å². The second kappa shape index (κ2) is 5.78. The van der Waals surface area contributed by atoms with Crippen LogP contribution in [0.15, 0.2) is 48.5 Å². The van der Waals surface area contributed by atoms with Crippen LogP contribution in [0.1, 0.15) is 50.6 Å². The zero-order valence-electron chi connectivity index (χ0n) is 13.4. The van der Waals surface area contributed by atoms with E-state index in [9.17, 15) is 9.59 Å². The molecular weight excluding hydrogens is 300 g/mol. The lowest BCUT2D eigenvalue weighted by molar-refractivity contribution is 0.0595. The van der Waals surface area contributed by atoms with Gasteiger partial charge in [-0.2, -0.15) is 0 Å². The molecule has 0 spiro atoms. The summed E-state index contributed by atoms with van der Waals surface area (Å²) in [5.74, 6) is 0.0237. The Morgan fingerprint density at radius 1 is 1.00 bits per heavy atom. The summed E-state index contributed by atoms with van der Waals surface area (Å²) in [6, 6.07) is 15.4. The Kier molecular flexibility index (Phi) is 3.60. The summed E-state index contributed by atoms with van der Waals surface area (Å²) in [5, 5.41) is 0. The first-order valence-electron chi connectivity index (χ1n) is 8.44. The van der Waals surface area contributed by atoms with E-state index in [-0.39, 0.29) is 11.9 Å². The van der Waals surface area contributed by atoms with Gasteiger partial charge in [0.25, 0.3) is 5.91 Å². The number of piperidine rings is 1. The number of nitrogens with two attached hydrogens (primary N) is 1. The number of rotatable bonds is 2. The number of benzene rings is 2. The van der Waals surface area contributed by atoms with Gasteiger partial charge in [0.2, 0.25) is 5.91 Å². The number of nitrogens with zero attached hydrogens (tertiary/aromatic N) is 1. The Balaban J connectivity index is 1.60. The smallest absolute Gasteiger partial charge is 0.254 e. The third-order valence-electron chi connectivity index (χ3n) is 5.34. The highest BCUT2D eigenvalue weighted by molar-refractivity contribution is 5.97. The van der Waals surface area contributed by atoms with E-state index in [0.29, 0.717) is 17.0 Å². The maximum Gasteiger partial charge on any atom is 0.254 e. The molecule has 2 N–H and O–H groups in total. The Labute approximate surface area is 141 Å². The fraction of sp³-hybridized carbons (Fsp3) is 0.300. The molecule has 2 aliphatic rings. The van der Waals surface area contributed by atoms with Crippen LogP contribution in [0.5, 0.6) is 0 Å². The van der Waals surface area contributed by atoms with E-state index >= 15 is 0 Å². The number of likely N-dealkylation sites (tertiary alicyclic amines) is 1. The molecule has 1 saturated heterocycles. The molecular formula is C20H20N2O2. The molecule has 0 saturated carbocycles. The van der Waals surface area contributed by atoms with Crippen molar-refractivity contribution in [3.63, 3.8) is 0 Å². The summed E-state index contributed by atoms with van der Waals surface area (Å²) in [6.45, 7) is 0.797. The van der Waals surface area contributed by atoms with E-state index in [1.54, 1.807) is 24.3 Å². The van der Waals surface area contributed by atoms with Crippen molar-refractivity contribution < 1.29 is 9.59 Å². The van der Waals surface area contributed by atoms with Gasteiger partial charge < -0.3 is 10.6 Å². The normalized spacial score (nSPS) is 21.9. The quantitative estimate of drug-likeness (QED) is 0.925.